The van der Waals surface area contributed by atoms with Crippen molar-refractivity contribution in [1.29, 1.82) is 0 Å². The minimum atomic E-state index is -3.67. The SMILES string of the molecule is CCCCC(=O)Nc1ncc(Cc2ccc(S(N)(=O)=O)cc2)s1. The molecule has 1 heterocycles. The van der Waals surface area contributed by atoms with Gasteiger partial charge in [-0.25, -0.2) is 18.5 Å². The van der Waals surface area contributed by atoms with Crippen LogP contribution in [0.1, 0.15) is 36.6 Å². The van der Waals surface area contributed by atoms with E-state index in [-0.39, 0.29) is 10.8 Å². The average molecular weight is 353 g/mol. The summed E-state index contributed by atoms with van der Waals surface area (Å²) in [6.45, 7) is 2.04. The number of unbranched alkanes of at least 4 members (excludes halogenated alkanes) is 1. The van der Waals surface area contributed by atoms with Gasteiger partial charge in [0.15, 0.2) is 5.13 Å². The van der Waals surface area contributed by atoms with Crippen LogP contribution in [0.2, 0.25) is 0 Å². The molecule has 1 aromatic heterocycles. The molecule has 2 rings (SSSR count). The van der Waals surface area contributed by atoms with Crippen molar-refractivity contribution in [2.45, 2.75) is 37.5 Å². The lowest BCUT2D eigenvalue weighted by Crippen LogP contribution is -2.11. The van der Waals surface area contributed by atoms with Gasteiger partial charge in [0.2, 0.25) is 15.9 Å². The number of thiazole rings is 1. The summed E-state index contributed by atoms with van der Waals surface area (Å²) >= 11 is 1.41. The predicted octanol–water partition coefficient (Wildman–Crippen LogP) is 2.51. The summed E-state index contributed by atoms with van der Waals surface area (Å²) < 4.78 is 22.4. The number of anilines is 1. The second-order valence-corrected chi connectivity index (χ2v) is 7.83. The quantitative estimate of drug-likeness (QED) is 0.798. The van der Waals surface area contributed by atoms with Crippen molar-refractivity contribution in [3.8, 4) is 0 Å². The molecule has 0 saturated heterocycles. The lowest BCUT2D eigenvalue weighted by Gasteiger charge is -2.01. The van der Waals surface area contributed by atoms with E-state index in [1.807, 2.05) is 6.92 Å². The number of hydrogen-bond acceptors (Lipinski definition) is 5. The van der Waals surface area contributed by atoms with E-state index < -0.39 is 10.0 Å². The second kappa shape index (κ2) is 7.67. The molecule has 3 N–H and O–H groups in total. The molecule has 0 unspecified atom stereocenters. The number of nitrogens with zero attached hydrogens (tertiary/aromatic N) is 1. The van der Waals surface area contributed by atoms with E-state index >= 15 is 0 Å². The van der Waals surface area contributed by atoms with Crippen LogP contribution in [0.3, 0.4) is 0 Å². The molecule has 0 bridgehead atoms. The van der Waals surface area contributed by atoms with Gasteiger partial charge in [0.05, 0.1) is 4.90 Å². The van der Waals surface area contributed by atoms with Crippen molar-refractivity contribution in [2.75, 3.05) is 5.32 Å². The summed E-state index contributed by atoms with van der Waals surface area (Å²) in [5.74, 6) is -0.0229. The zero-order chi connectivity index (χ0) is 16.9. The fourth-order valence-corrected chi connectivity index (χ4v) is 3.34. The van der Waals surface area contributed by atoms with Crippen molar-refractivity contribution in [3.63, 3.8) is 0 Å². The number of sulfonamides is 1. The van der Waals surface area contributed by atoms with E-state index in [1.54, 1.807) is 18.3 Å². The number of aromatic nitrogens is 1. The molecule has 0 aliphatic carbocycles. The Morgan fingerprint density at radius 2 is 2.00 bits per heavy atom. The number of benzene rings is 1. The first-order chi connectivity index (χ1) is 10.9. The number of carbonyl (C=O) groups is 1. The normalized spacial score (nSPS) is 11.4. The van der Waals surface area contributed by atoms with Crippen LogP contribution in [0, 0.1) is 0 Å². The summed E-state index contributed by atoms with van der Waals surface area (Å²) in [6, 6.07) is 6.41. The highest BCUT2D eigenvalue weighted by atomic mass is 32.2. The van der Waals surface area contributed by atoms with Gasteiger partial charge in [0.25, 0.3) is 0 Å². The molecule has 0 fully saturated rings. The van der Waals surface area contributed by atoms with Crippen LogP contribution >= 0.6 is 11.3 Å². The first-order valence-corrected chi connectivity index (χ1v) is 9.61. The van der Waals surface area contributed by atoms with Crippen LogP contribution in [0.5, 0.6) is 0 Å². The largest absolute Gasteiger partial charge is 0.302 e. The average Bonchev–Trinajstić information content (AvgIpc) is 2.91. The lowest BCUT2D eigenvalue weighted by molar-refractivity contribution is -0.116. The highest BCUT2D eigenvalue weighted by Gasteiger charge is 2.09. The zero-order valence-electron chi connectivity index (χ0n) is 12.8. The molecule has 0 saturated carbocycles. The highest BCUT2D eigenvalue weighted by Crippen LogP contribution is 2.22. The minimum Gasteiger partial charge on any atom is -0.302 e. The maximum Gasteiger partial charge on any atom is 0.238 e. The van der Waals surface area contributed by atoms with E-state index in [0.29, 0.717) is 18.0 Å². The maximum atomic E-state index is 11.7. The van der Waals surface area contributed by atoms with E-state index in [0.717, 1.165) is 23.3 Å². The molecule has 124 valence electrons. The minimum absolute atomic E-state index is 0.0229. The maximum absolute atomic E-state index is 11.7. The van der Waals surface area contributed by atoms with Gasteiger partial charge in [-0.15, -0.1) is 11.3 Å². The molecule has 2 aromatic rings. The number of nitrogens with two attached hydrogens (primary N) is 1. The van der Waals surface area contributed by atoms with E-state index in [4.69, 9.17) is 5.14 Å². The van der Waals surface area contributed by atoms with Gasteiger partial charge in [0.1, 0.15) is 0 Å². The lowest BCUT2D eigenvalue weighted by atomic mass is 10.1. The molecule has 0 spiro atoms. The Morgan fingerprint density at radius 3 is 2.61 bits per heavy atom. The van der Waals surface area contributed by atoms with Gasteiger partial charge < -0.3 is 5.32 Å². The van der Waals surface area contributed by atoms with Crippen molar-refractivity contribution < 1.29 is 13.2 Å². The number of primary sulfonamides is 1. The molecular formula is C15H19N3O3S2. The summed E-state index contributed by atoms with van der Waals surface area (Å²) in [7, 11) is -3.67. The van der Waals surface area contributed by atoms with Crippen LogP contribution in [0.15, 0.2) is 35.4 Å². The summed E-state index contributed by atoms with van der Waals surface area (Å²) in [6.07, 6.45) is 4.67. The molecule has 23 heavy (non-hydrogen) atoms. The van der Waals surface area contributed by atoms with E-state index in [9.17, 15) is 13.2 Å². The van der Waals surface area contributed by atoms with E-state index in [1.165, 1.54) is 23.5 Å². The van der Waals surface area contributed by atoms with Gasteiger partial charge in [-0.2, -0.15) is 0 Å². The van der Waals surface area contributed by atoms with Gasteiger partial charge in [0, 0.05) is 23.9 Å². The Kier molecular flexibility index (Phi) is 5.86. The number of rotatable bonds is 7. The predicted molar refractivity (Wildman–Crippen MR) is 90.9 cm³/mol. The third-order valence-electron chi connectivity index (χ3n) is 3.19. The van der Waals surface area contributed by atoms with Crippen molar-refractivity contribution in [1.82, 2.24) is 4.98 Å². The molecule has 6 nitrogen and oxygen atoms in total. The molecule has 8 heteroatoms. The van der Waals surface area contributed by atoms with Crippen LogP contribution in [0.4, 0.5) is 5.13 Å². The first-order valence-electron chi connectivity index (χ1n) is 7.25. The van der Waals surface area contributed by atoms with Gasteiger partial charge in [-0.05, 0) is 24.1 Å². The van der Waals surface area contributed by atoms with Crippen LogP contribution < -0.4 is 10.5 Å². The van der Waals surface area contributed by atoms with Crippen molar-refractivity contribution >= 4 is 32.4 Å². The monoisotopic (exact) mass is 353 g/mol. The number of carbonyl (C=O) groups excluding carboxylic acids is 1. The fraction of sp³-hybridized carbons (Fsp3) is 0.333. The Bertz CT molecular complexity index is 768. The summed E-state index contributed by atoms with van der Waals surface area (Å²) in [5.41, 5.74) is 0.949. The van der Waals surface area contributed by atoms with E-state index in [2.05, 4.69) is 10.3 Å². The first kappa shape index (κ1) is 17.6. The Hall–Kier alpha value is -1.77. The number of nitrogens with one attached hydrogen (secondary N) is 1. The second-order valence-electron chi connectivity index (χ2n) is 5.15. The Morgan fingerprint density at radius 1 is 1.30 bits per heavy atom. The molecule has 0 aliphatic heterocycles. The van der Waals surface area contributed by atoms with Crippen LogP contribution in [0.25, 0.3) is 0 Å². The van der Waals surface area contributed by atoms with Gasteiger partial charge >= 0.3 is 0 Å². The van der Waals surface area contributed by atoms with Crippen molar-refractivity contribution in [3.05, 3.63) is 40.9 Å². The summed E-state index contributed by atoms with van der Waals surface area (Å²) in [5, 5.41) is 8.44. The zero-order valence-corrected chi connectivity index (χ0v) is 14.4. The van der Waals surface area contributed by atoms with Crippen LogP contribution in [-0.4, -0.2) is 19.3 Å². The standard InChI is InChI=1S/C15H19N3O3S2/c1-2-3-4-14(19)18-15-17-10-12(22-15)9-11-5-7-13(8-6-11)23(16,20)21/h5-8,10H,2-4,9H2,1H3,(H2,16,20,21)(H,17,18,19). The Labute approximate surface area is 139 Å². The van der Waals surface area contributed by atoms with Crippen LogP contribution in [-0.2, 0) is 21.2 Å². The van der Waals surface area contributed by atoms with Crippen molar-refractivity contribution in [2.24, 2.45) is 5.14 Å². The third-order valence-corrected chi connectivity index (χ3v) is 5.03. The van der Waals surface area contributed by atoms with Gasteiger partial charge in [-0.3, -0.25) is 4.79 Å². The molecule has 1 amide bonds. The fourth-order valence-electron chi connectivity index (χ4n) is 1.96. The highest BCUT2D eigenvalue weighted by molar-refractivity contribution is 7.89. The molecule has 0 aliphatic rings. The topological polar surface area (TPSA) is 102 Å². The smallest absolute Gasteiger partial charge is 0.238 e. The molecule has 1 aromatic carbocycles. The van der Waals surface area contributed by atoms with Gasteiger partial charge in [-0.1, -0.05) is 25.5 Å². The number of hydrogen-bond donors (Lipinski definition) is 2. The Balaban J connectivity index is 1.97. The summed E-state index contributed by atoms with van der Waals surface area (Å²) in [4.78, 5) is 16.9. The molecule has 0 radical (unpaired) electrons. The molecular weight excluding hydrogens is 334 g/mol. The number of amides is 1. The molecule has 0 atom stereocenters. The third kappa shape index (κ3) is 5.42.